The number of nitrogens with zero attached hydrogens (tertiary/aromatic N) is 4. The Morgan fingerprint density at radius 3 is 2.62 bits per heavy atom. The van der Waals surface area contributed by atoms with Gasteiger partial charge in [0.15, 0.2) is 5.82 Å². The summed E-state index contributed by atoms with van der Waals surface area (Å²) in [5, 5.41) is 21.4. The summed E-state index contributed by atoms with van der Waals surface area (Å²) in [7, 11) is 0. The number of rotatable bonds is 4. The molecule has 4 aromatic rings. The number of carbonyl (C=O) groups is 1. The SMILES string of the molecule is CC1=C(C(=O)Nc2cccnc2)C(c2ccc(O)cc2)n2nc(-c3ccc(Cl)c(Cl)c3)nc2N1. The third kappa shape index (κ3) is 4.09. The highest BCUT2D eigenvalue weighted by atomic mass is 35.5. The van der Waals surface area contributed by atoms with Crippen LogP contribution in [-0.2, 0) is 4.79 Å². The number of halogens is 2. The molecule has 2 aromatic heterocycles. The summed E-state index contributed by atoms with van der Waals surface area (Å²) in [5.74, 6) is 0.699. The van der Waals surface area contributed by atoms with Crippen molar-refractivity contribution in [1.29, 1.82) is 0 Å². The van der Waals surface area contributed by atoms with Crippen LogP contribution in [0.1, 0.15) is 18.5 Å². The Morgan fingerprint density at radius 1 is 1.12 bits per heavy atom. The first kappa shape index (κ1) is 21.9. The van der Waals surface area contributed by atoms with Gasteiger partial charge in [-0.3, -0.25) is 9.78 Å². The molecular weight excluding hydrogens is 475 g/mol. The quantitative estimate of drug-likeness (QED) is 0.357. The lowest BCUT2D eigenvalue weighted by atomic mass is 9.95. The van der Waals surface area contributed by atoms with Gasteiger partial charge in [-0.05, 0) is 55.0 Å². The zero-order valence-electron chi connectivity index (χ0n) is 17.8. The molecular formula is C24H18Cl2N6O2. The minimum atomic E-state index is -0.599. The lowest BCUT2D eigenvalue weighted by Crippen LogP contribution is -2.31. The fraction of sp³-hybridized carbons (Fsp3) is 0.0833. The van der Waals surface area contributed by atoms with Crippen molar-refractivity contribution in [1.82, 2.24) is 19.7 Å². The van der Waals surface area contributed by atoms with Gasteiger partial charge in [0.2, 0.25) is 5.95 Å². The number of hydrogen-bond donors (Lipinski definition) is 3. The van der Waals surface area contributed by atoms with E-state index in [1.807, 2.05) is 6.92 Å². The zero-order valence-corrected chi connectivity index (χ0v) is 19.3. The first-order valence-corrected chi connectivity index (χ1v) is 11.1. The molecule has 2 aromatic carbocycles. The molecule has 170 valence electrons. The molecule has 0 spiro atoms. The highest BCUT2D eigenvalue weighted by Gasteiger charge is 2.34. The number of amides is 1. The van der Waals surface area contributed by atoms with Crippen molar-refractivity contribution >= 4 is 40.7 Å². The van der Waals surface area contributed by atoms with Gasteiger partial charge >= 0.3 is 0 Å². The van der Waals surface area contributed by atoms with Crippen LogP contribution in [0.4, 0.5) is 11.6 Å². The van der Waals surface area contributed by atoms with Crippen LogP contribution in [0.3, 0.4) is 0 Å². The molecule has 0 fully saturated rings. The van der Waals surface area contributed by atoms with E-state index in [9.17, 15) is 9.90 Å². The molecule has 3 heterocycles. The zero-order chi connectivity index (χ0) is 23.8. The third-order valence-electron chi connectivity index (χ3n) is 5.40. The van der Waals surface area contributed by atoms with E-state index in [4.69, 9.17) is 28.3 Å². The van der Waals surface area contributed by atoms with Gasteiger partial charge in [0.25, 0.3) is 5.91 Å². The van der Waals surface area contributed by atoms with Crippen molar-refractivity contribution in [3.05, 3.63) is 93.9 Å². The summed E-state index contributed by atoms with van der Waals surface area (Å²) >= 11 is 12.3. The second kappa shape index (κ2) is 8.81. The normalized spacial score (nSPS) is 15.0. The van der Waals surface area contributed by atoms with Gasteiger partial charge in [-0.25, -0.2) is 4.68 Å². The Hall–Kier alpha value is -3.88. The van der Waals surface area contributed by atoms with Crippen molar-refractivity contribution in [3.8, 4) is 17.1 Å². The summed E-state index contributed by atoms with van der Waals surface area (Å²) in [6.07, 6.45) is 3.21. The van der Waals surface area contributed by atoms with Crippen molar-refractivity contribution in [3.63, 3.8) is 0 Å². The smallest absolute Gasteiger partial charge is 0.255 e. The molecule has 1 aliphatic heterocycles. The van der Waals surface area contributed by atoms with Crippen LogP contribution < -0.4 is 10.6 Å². The molecule has 34 heavy (non-hydrogen) atoms. The number of pyridine rings is 1. The van der Waals surface area contributed by atoms with Gasteiger partial charge in [-0.2, -0.15) is 4.98 Å². The molecule has 1 amide bonds. The Morgan fingerprint density at radius 2 is 1.91 bits per heavy atom. The number of hydrogen-bond acceptors (Lipinski definition) is 6. The number of fused-ring (bicyclic) bond motifs is 1. The van der Waals surface area contributed by atoms with Crippen LogP contribution in [0.25, 0.3) is 11.4 Å². The Bertz CT molecular complexity index is 1420. The monoisotopic (exact) mass is 492 g/mol. The maximum Gasteiger partial charge on any atom is 0.255 e. The van der Waals surface area contributed by atoms with E-state index in [0.29, 0.717) is 44.3 Å². The molecule has 0 aliphatic carbocycles. The molecule has 1 atom stereocenters. The number of anilines is 2. The fourth-order valence-electron chi connectivity index (χ4n) is 3.80. The van der Waals surface area contributed by atoms with E-state index in [0.717, 1.165) is 5.56 Å². The summed E-state index contributed by atoms with van der Waals surface area (Å²) in [4.78, 5) is 22.1. The summed E-state index contributed by atoms with van der Waals surface area (Å²) in [6.45, 7) is 1.81. The molecule has 0 bridgehead atoms. The maximum atomic E-state index is 13.4. The third-order valence-corrected chi connectivity index (χ3v) is 6.14. The van der Waals surface area contributed by atoms with E-state index >= 15 is 0 Å². The number of nitrogens with one attached hydrogen (secondary N) is 2. The molecule has 0 saturated carbocycles. The van der Waals surface area contributed by atoms with Crippen LogP contribution in [0.2, 0.25) is 10.0 Å². The van der Waals surface area contributed by atoms with E-state index in [1.165, 1.54) is 0 Å². The molecule has 5 rings (SSSR count). The minimum absolute atomic E-state index is 0.120. The predicted octanol–water partition coefficient (Wildman–Crippen LogP) is 5.28. The van der Waals surface area contributed by atoms with Gasteiger partial charge in [0, 0.05) is 17.5 Å². The number of phenolic OH excluding ortho intramolecular Hbond substituents is 1. The summed E-state index contributed by atoms with van der Waals surface area (Å²) in [5.41, 5.74) is 3.08. The summed E-state index contributed by atoms with van der Waals surface area (Å²) in [6, 6.07) is 14.7. The molecule has 3 N–H and O–H groups in total. The number of carbonyl (C=O) groups excluding carboxylic acids is 1. The lowest BCUT2D eigenvalue weighted by molar-refractivity contribution is -0.113. The van der Waals surface area contributed by atoms with Crippen LogP contribution in [0.5, 0.6) is 5.75 Å². The Balaban J connectivity index is 1.60. The van der Waals surface area contributed by atoms with Crippen LogP contribution in [0.15, 0.2) is 78.3 Å². The second-order valence-corrected chi connectivity index (χ2v) is 8.50. The number of benzene rings is 2. The molecule has 0 radical (unpaired) electrons. The standard InChI is InChI=1S/C24H18Cl2N6O2/c1-13-20(23(34)29-16-3-2-10-27-12-16)21(14-4-7-17(33)8-5-14)32-24(28-13)30-22(31-32)15-6-9-18(25)19(26)11-15/h2-12,21,33H,1H3,(H,29,34)(H,28,30,31). The van der Waals surface area contributed by atoms with Crippen molar-refractivity contribution < 1.29 is 9.90 Å². The first-order chi connectivity index (χ1) is 16.4. The Labute approximate surface area is 204 Å². The number of allylic oxidation sites excluding steroid dienone is 1. The number of phenols is 1. The summed E-state index contributed by atoms with van der Waals surface area (Å²) < 4.78 is 1.65. The molecule has 10 heteroatoms. The predicted molar refractivity (Wildman–Crippen MR) is 131 cm³/mol. The minimum Gasteiger partial charge on any atom is -0.508 e. The molecule has 0 saturated heterocycles. The largest absolute Gasteiger partial charge is 0.508 e. The van der Waals surface area contributed by atoms with Gasteiger partial charge < -0.3 is 15.7 Å². The maximum absolute atomic E-state index is 13.4. The number of aromatic hydroxyl groups is 1. The van der Waals surface area contributed by atoms with E-state index in [1.54, 1.807) is 71.7 Å². The van der Waals surface area contributed by atoms with Crippen molar-refractivity contribution in [2.45, 2.75) is 13.0 Å². The van der Waals surface area contributed by atoms with Gasteiger partial charge in [0.05, 0.1) is 27.5 Å². The van der Waals surface area contributed by atoms with E-state index in [-0.39, 0.29) is 11.7 Å². The molecule has 1 aliphatic rings. The molecule has 1 unspecified atom stereocenters. The second-order valence-electron chi connectivity index (χ2n) is 7.69. The van der Waals surface area contributed by atoms with Crippen LogP contribution in [0, 0.1) is 0 Å². The van der Waals surface area contributed by atoms with Gasteiger partial charge in [-0.1, -0.05) is 35.3 Å². The van der Waals surface area contributed by atoms with Gasteiger partial charge in [0.1, 0.15) is 11.8 Å². The van der Waals surface area contributed by atoms with Crippen molar-refractivity contribution in [2.75, 3.05) is 10.6 Å². The highest BCUT2D eigenvalue weighted by molar-refractivity contribution is 6.42. The van der Waals surface area contributed by atoms with Crippen LogP contribution >= 0.6 is 23.2 Å². The molecule has 8 nitrogen and oxygen atoms in total. The highest BCUT2D eigenvalue weighted by Crippen LogP contribution is 2.37. The van der Waals surface area contributed by atoms with Crippen LogP contribution in [-0.4, -0.2) is 30.8 Å². The number of aromatic nitrogens is 4. The Kier molecular flexibility index (Phi) is 5.69. The van der Waals surface area contributed by atoms with Gasteiger partial charge in [-0.15, -0.1) is 5.10 Å². The average Bonchev–Trinajstić information content (AvgIpc) is 3.24. The lowest BCUT2D eigenvalue weighted by Gasteiger charge is -2.28. The van der Waals surface area contributed by atoms with E-state index < -0.39 is 6.04 Å². The fourth-order valence-corrected chi connectivity index (χ4v) is 4.10. The first-order valence-electron chi connectivity index (χ1n) is 10.3. The topological polar surface area (TPSA) is 105 Å². The average molecular weight is 493 g/mol. The van der Waals surface area contributed by atoms with E-state index in [2.05, 4.69) is 20.6 Å². The van der Waals surface area contributed by atoms with Crippen molar-refractivity contribution in [2.24, 2.45) is 0 Å².